The number of hydrogen-bond acceptors (Lipinski definition) is 14. The first kappa shape index (κ1) is 61.8. The fraction of sp³-hybridized carbons (Fsp3) is 0.812. The van der Waals surface area contributed by atoms with Crippen molar-refractivity contribution >= 4 is 34.6 Å². The minimum Gasteiger partial charge on any atom is -0.456 e. The highest BCUT2D eigenvalue weighted by Crippen LogP contribution is 2.49. The van der Waals surface area contributed by atoms with E-state index < -0.39 is 7.37 Å². The molecule has 9 fully saturated rings. The molecule has 80 heavy (non-hydrogen) atoms. The molecule has 2 aromatic carbocycles. The molecule has 14 nitrogen and oxygen atoms in total. The third kappa shape index (κ3) is 14.4. The van der Waals surface area contributed by atoms with E-state index in [2.05, 4.69) is 126 Å². The van der Waals surface area contributed by atoms with Crippen LogP contribution in [0.1, 0.15) is 160 Å². The Balaban J connectivity index is 0.000000386. The molecule has 448 valence electrons. The molecule has 5 saturated heterocycles. The lowest BCUT2D eigenvalue weighted by atomic mass is 9.71. The minimum absolute atomic E-state index is 0.0257. The van der Waals surface area contributed by atoms with Gasteiger partial charge in [-0.05, 0) is 120 Å². The summed E-state index contributed by atoms with van der Waals surface area (Å²) in [5, 5.41) is 36.2. The Labute approximate surface area is 491 Å². The van der Waals surface area contributed by atoms with E-state index >= 15 is 0 Å². The van der Waals surface area contributed by atoms with Crippen molar-refractivity contribution in [3.05, 3.63) is 60.7 Å². The van der Waals surface area contributed by atoms with Crippen LogP contribution in [0.15, 0.2) is 60.7 Å². The Hall–Kier alpha value is -1.32. The molecule has 5 aliphatic heterocycles. The first-order valence-corrected chi connectivity index (χ1v) is 34.2. The maximum Gasteiger partial charge on any atom is 0.420 e. The van der Waals surface area contributed by atoms with Crippen LogP contribution >= 0.6 is 7.37 Å². The molecule has 0 aromatic heterocycles. The van der Waals surface area contributed by atoms with Gasteiger partial charge in [0.1, 0.15) is 12.2 Å². The van der Waals surface area contributed by atoms with E-state index in [9.17, 15) is 4.57 Å². The highest BCUT2D eigenvalue weighted by Gasteiger charge is 2.63. The zero-order valence-electron chi connectivity index (χ0n) is 51.5. The molecule has 8 N–H and O–H groups in total. The molecule has 0 amide bonds. The molecule has 9 aliphatic rings. The molecule has 8 bridgehead atoms. The number of ether oxygens (including phenoxy) is 4. The van der Waals surface area contributed by atoms with Gasteiger partial charge in [-0.15, -0.1) is 0 Å². The van der Waals surface area contributed by atoms with E-state index in [1.165, 1.54) is 77.0 Å². The van der Waals surface area contributed by atoms with Crippen LogP contribution in [0, 0.1) is 69.0 Å². The third-order valence-corrected chi connectivity index (χ3v) is 23.3. The van der Waals surface area contributed by atoms with Crippen molar-refractivity contribution in [3.8, 4) is 0 Å². The summed E-state index contributed by atoms with van der Waals surface area (Å²) in [6.45, 7) is 30.0. The average Bonchev–Trinajstić information content (AvgIpc) is 4.34. The van der Waals surface area contributed by atoms with Crippen molar-refractivity contribution < 1.29 is 27.1 Å². The Morgan fingerprint density at radius 1 is 0.375 bits per heavy atom. The molecular formula is C64H108AlN8O6P. The van der Waals surface area contributed by atoms with Gasteiger partial charge in [0.05, 0.1) is 88.0 Å². The molecule has 4 aliphatic carbocycles. The van der Waals surface area contributed by atoms with Crippen LogP contribution in [0.3, 0.4) is 0 Å². The van der Waals surface area contributed by atoms with Gasteiger partial charge in [0.25, 0.3) is 0 Å². The van der Waals surface area contributed by atoms with E-state index in [0.29, 0.717) is 90.9 Å². The minimum atomic E-state index is -2.84. The van der Waals surface area contributed by atoms with E-state index in [1.807, 2.05) is 60.7 Å². The smallest absolute Gasteiger partial charge is 0.420 e. The van der Waals surface area contributed by atoms with E-state index in [1.54, 1.807) is 0 Å². The van der Waals surface area contributed by atoms with Gasteiger partial charge in [-0.1, -0.05) is 158 Å². The summed E-state index contributed by atoms with van der Waals surface area (Å²) in [5.74, 6) is 3.68. The molecule has 5 heterocycles. The maximum atomic E-state index is 12.8. The second-order valence-corrected chi connectivity index (χ2v) is 34.5. The predicted molar refractivity (Wildman–Crippen MR) is 325 cm³/mol. The first-order valence-electron chi connectivity index (χ1n) is 31.8. The zero-order valence-corrected chi connectivity index (χ0v) is 54.4. The quantitative estimate of drug-likeness (QED) is 0.0804. The topological polar surface area (TPSA) is 159 Å². The van der Waals surface area contributed by atoms with Gasteiger partial charge in [0.15, 0.2) is 0 Å². The largest absolute Gasteiger partial charge is 0.456 e. The number of benzene rings is 2. The van der Waals surface area contributed by atoms with Crippen LogP contribution in [0.5, 0.6) is 0 Å². The monoisotopic (exact) mass is 1140 g/mol. The standard InChI is InChI=1S/C52H96N8O4.C12H11O2P.Al.2H/c1-49(2,3)25-61-37-35-36(38(62-26-50(4,5)6)40(64-28-52(10,11)12)39(37)63-27-51(7,8)9)48-59-46-34-24-18-16-22-32(34)44(57-46)55-42-30-20-14-13-19-29(30)41(53-42)54-43-31-21-15-17-23-33(31)45(56-43)58-47(35)60-48;13-15(14,11-7-3-1-4-8-11)12-9-5-2-6-10-12;;;/h29-48,53-60H,13-28H2,1-12H3;1-10H,(H,13,14);;;/q;;+1;;/p-1. The predicted octanol–water partition coefficient (Wildman–Crippen LogP) is 8.25. The second-order valence-electron chi connectivity index (χ2n) is 30.9. The summed E-state index contributed by atoms with van der Waals surface area (Å²) < 4.78 is 47.7. The summed E-state index contributed by atoms with van der Waals surface area (Å²) >= 11 is 0.453. The van der Waals surface area contributed by atoms with Gasteiger partial charge >= 0.3 is 16.6 Å². The lowest BCUT2D eigenvalue weighted by Crippen LogP contribution is -2.67. The van der Waals surface area contributed by atoms with Crippen LogP contribution < -0.4 is 53.1 Å². The van der Waals surface area contributed by atoms with Crippen LogP contribution in [-0.2, 0) is 27.1 Å². The van der Waals surface area contributed by atoms with E-state index in [4.69, 9.17) is 22.5 Å². The van der Waals surface area contributed by atoms with Crippen LogP contribution in [0.4, 0.5) is 0 Å². The molecular weight excluding hydrogens is 1030 g/mol. The number of nitrogens with one attached hydrogen (secondary N) is 8. The Morgan fingerprint density at radius 3 is 0.838 bits per heavy atom. The van der Waals surface area contributed by atoms with Gasteiger partial charge in [-0.2, -0.15) is 0 Å². The highest BCUT2D eigenvalue weighted by molar-refractivity contribution is 7.75. The molecule has 0 spiro atoms. The molecule has 11 rings (SSSR count). The van der Waals surface area contributed by atoms with E-state index in [-0.39, 0.29) is 94.9 Å². The molecule has 20 unspecified atom stereocenters. The number of hydrogen-bond donors (Lipinski definition) is 8. The molecule has 0 radical (unpaired) electrons. The molecule has 4 saturated carbocycles. The molecule has 16 heteroatoms. The number of fused-ring (bicyclic) bond motifs is 20. The van der Waals surface area contributed by atoms with E-state index in [0.717, 1.165) is 10.6 Å². The van der Waals surface area contributed by atoms with Gasteiger partial charge in [-0.3, -0.25) is 47.1 Å². The Bertz CT molecular complexity index is 2180. The third-order valence-electron chi connectivity index (χ3n) is 19.3. The Morgan fingerprint density at radius 2 is 0.600 bits per heavy atom. The SMILES string of the molecule is CC(C)(C)COC1C(OCC(C)(C)C)C(OCC(C)(C)C)C2C3NC4NC(NC5NC(NC6NC(NC(N3)C2C1OCC(C)(C)C)C1CCCCC61)C1CCCCC51)C1CCCCC41.O=P([O][AlH2])(c1ccccc1)c1ccccc1. The average molecular weight is 1140 g/mol. The fourth-order valence-electron chi connectivity index (χ4n) is 15.8. The normalized spacial score (nSPS) is 39.3. The van der Waals surface area contributed by atoms with Crippen molar-refractivity contribution in [2.45, 2.75) is 234 Å². The first-order chi connectivity index (χ1) is 38.0. The van der Waals surface area contributed by atoms with Gasteiger partial charge < -0.3 is 22.5 Å². The lowest BCUT2D eigenvalue weighted by Gasteiger charge is -2.52. The van der Waals surface area contributed by atoms with Crippen molar-refractivity contribution in [1.82, 2.24) is 42.5 Å². The number of rotatable bonds is 11. The van der Waals surface area contributed by atoms with Gasteiger partial charge in [0.2, 0.25) is 7.37 Å². The van der Waals surface area contributed by atoms with Crippen LogP contribution in [0.25, 0.3) is 0 Å². The summed E-state index contributed by atoms with van der Waals surface area (Å²) in [7, 11) is -2.84. The van der Waals surface area contributed by atoms with Crippen molar-refractivity contribution in [2.24, 2.45) is 69.0 Å². The maximum absolute atomic E-state index is 12.8. The second kappa shape index (κ2) is 25.6. The molecule has 2 aromatic rings. The zero-order chi connectivity index (χ0) is 56.8. The van der Waals surface area contributed by atoms with Crippen molar-refractivity contribution in [1.29, 1.82) is 0 Å². The summed E-state index contributed by atoms with van der Waals surface area (Å²) in [6, 6.07) is 18.8. The molecule has 20 atom stereocenters. The van der Waals surface area contributed by atoms with Crippen molar-refractivity contribution in [2.75, 3.05) is 26.4 Å². The van der Waals surface area contributed by atoms with Crippen LogP contribution in [-0.4, -0.2) is 117 Å². The Kier molecular flexibility index (Phi) is 19.7. The van der Waals surface area contributed by atoms with Gasteiger partial charge in [-0.25, -0.2) is 0 Å². The van der Waals surface area contributed by atoms with Gasteiger partial charge in [0, 0.05) is 22.4 Å². The lowest BCUT2D eigenvalue weighted by molar-refractivity contribution is -0.252. The van der Waals surface area contributed by atoms with Crippen molar-refractivity contribution in [3.63, 3.8) is 0 Å². The highest BCUT2D eigenvalue weighted by atomic mass is 31.2. The summed E-state index contributed by atoms with van der Waals surface area (Å²) in [6.07, 6.45) is 15.9. The summed E-state index contributed by atoms with van der Waals surface area (Å²) in [4.78, 5) is 0. The fourth-order valence-corrected chi connectivity index (χ4v) is 18.9. The summed E-state index contributed by atoms with van der Waals surface area (Å²) in [5.41, 5.74) is -0.119. The van der Waals surface area contributed by atoms with Crippen LogP contribution in [0.2, 0.25) is 0 Å².